The van der Waals surface area contributed by atoms with E-state index in [1.165, 1.54) is 7.11 Å². The van der Waals surface area contributed by atoms with E-state index in [9.17, 15) is 9.59 Å². The highest BCUT2D eigenvalue weighted by Crippen LogP contribution is 2.27. The first kappa shape index (κ1) is 16.9. The van der Waals surface area contributed by atoms with Crippen molar-refractivity contribution in [1.82, 2.24) is 0 Å². The van der Waals surface area contributed by atoms with Crippen LogP contribution in [0.4, 0.5) is 0 Å². The van der Waals surface area contributed by atoms with Gasteiger partial charge in [0.15, 0.2) is 0 Å². The number of aldehydes is 1. The van der Waals surface area contributed by atoms with Crippen LogP contribution in [-0.2, 0) is 20.7 Å². The normalized spacial score (nSPS) is 23.0. The predicted octanol–water partition coefficient (Wildman–Crippen LogP) is 2.65. The van der Waals surface area contributed by atoms with Gasteiger partial charge in [-0.25, -0.2) is 0 Å². The van der Waals surface area contributed by atoms with Gasteiger partial charge in [-0.2, -0.15) is 0 Å². The molecule has 4 nitrogen and oxygen atoms in total. The fraction of sp³-hybridized carbons (Fsp3) is 0.294. The quantitative estimate of drug-likeness (QED) is 0.865. The van der Waals surface area contributed by atoms with Crippen LogP contribution in [-0.4, -0.2) is 30.1 Å². The summed E-state index contributed by atoms with van der Waals surface area (Å²) < 4.78 is 5.13. The molecule has 2 atom stereocenters. The number of carbonyl (C=O) groups is 2. The zero-order chi connectivity index (χ0) is 15.7. The molecule has 0 radical (unpaired) electrons. The number of hydrogen-bond donors (Lipinski definition) is 1. The van der Waals surface area contributed by atoms with E-state index in [2.05, 4.69) is 0 Å². The second kappa shape index (κ2) is 8.17. The Morgan fingerprint density at radius 2 is 2.00 bits per heavy atom. The van der Waals surface area contributed by atoms with Gasteiger partial charge in [0.1, 0.15) is 17.8 Å². The number of carboxylic acids is 1. The number of benzene rings is 1. The average molecular weight is 288 g/mol. The summed E-state index contributed by atoms with van der Waals surface area (Å²) in [5, 5.41) is 8.84. The van der Waals surface area contributed by atoms with Gasteiger partial charge in [0.25, 0.3) is 0 Å². The third kappa shape index (κ3) is 5.00. The van der Waals surface area contributed by atoms with Gasteiger partial charge in [0, 0.05) is 13.5 Å². The molecule has 2 rings (SSSR count). The predicted molar refractivity (Wildman–Crippen MR) is 81.0 cm³/mol. The summed E-state index contributed by atoms with van der Waals surface area (Å²) in [7, 11) is 1.51. The molecule has 0 spiro atoms. The van der Waals surface area contributed by atoms with Crippen LogP contribution < -0.4 is 0 Å². The fourth-order valence-corrected chi connectivity index (χ4v) is 1.95. The van der Waals surface area contributed by atoms with Gasteiger partial charge in [0.2, 0.25) is 0 Å². The zero-order valence-corrected chi connectivity index (χ0v) is 12.2. The number of aliphatic carboxylic acids is 1. The zero-order valence-electron chi connectivity index (χ0n) is 12.2. The molecular formula is C17H20O4. The Morgan fingerprint density at radius 1 is 1.33 bits per heavy atom. The van der Waals surface area contributed by atoms with Gasteiger partial charge in [-0.15, -0.1) is 0 Å². The lowest BCUT2D eigenvalue weighted by Crippen LogP contribution is -2.39. The summed E-state index contributed by atoms with van der Waals surface area (Å²) in [5.41, 5.74) is 0.369. The first-order valence-electron chi connectivity index (χ1n) is 6.65. The first-order chi connectivity index (χ1) is 10.0. The van der Waals surface area contributed by atoms with Gasteiger partial charge < -0.3 is 14.6 Å². The van der Waals surface area contributed by atoms with Crippen LogP contribution in [0.2, 0.25) is 0 Å². The topological polar surface area (TPSA) is 63.6 Å². The number of hydrogen-bond acceptors (Lipinski definition) is 3. The van der Waals surface area contributed by atoms with E-state index in [0.29, 0.717) is 6.42 Å². The van der Waals surface area contributed by atoms with E-state index in [4.69, 9.17) is 9.84 Å². The number of carboxylic acid groups (broad SMARTS) is 1. The summed E-state index contributed by atoms with van der Waals surface area (Å²) in [6.07, 6.45) is 8.34. The van der Waals surface area contributed by atoms with Crippen molar-refractivity contribution in [3.8, 4) is 0 Å². The Kier molecular flexibility index (Phi) is 6.56. The van der Waals surface area contributed by atoms with Crippen molar-refractivity contribution in [3.63, 3.8) is 0 Å². The SMILES string of the molecule is COC1(C)C=CC=CC1C(=O)O.O=CCc1ccccc1. The highest BCUT2D eigenvalue weighted by molar-refractivity contribution is 5.75. The van der Waals surface area contributed by atoms with Gasteiger partial charge in [0.05, 0.1) is 0 Å². The molecule has 1 aromatic carbocycles. The minimum absolute atomic E-state index is 0.529. The molecule has 1 N–H and O–H groups in total. The molecule has 0 fully saturated rings. The highest BCUT2D eigenvalue weighted by Gasteiger charge is 2.36. The molecule has 0 heterocycles. The maximum absolute atomic E-state index is 10.8. The second-order valence-corrected chi connectivity index (χ2v) is 4.80. The summed E-state index contributed by atoms with van der Waals surface area (Å²) in [4.78, 5) is 20.7. The Labute approximate surface area is 124 Å². The minimum atomic E-state index is -0.861. The summed E-state index contributed by atoms with van der Waals surface area (Å²) in [6, 6.07) is 9.68. The van der Waals surface area contributed by atoms with Gasteiger partial charge in [-0.1, -0.05) is 54.6 Å². The number of rotatable bonds is 4. The number of ether oxygens (including phenoxy) is 1. The highest BCUT2D eigenvalue weighted by atomic mass is 16.5. The number of allylic oxidation sites excluding steroid dienone is 2. The molecule has 0 aromatic heterocycles. The summed E-state index contributed by atoms with van der Waals surface area (Å²) >= 11 is 0. The van der Waals surface area contributed by atoms with Crippen LogP contribution in [0.5, 0.6) is 0 Å². The van der Waals surface area contributed by atoms with Crippen molar-refractivity contribution in [3.05, 3.63) is 60.2 Å². The van der Waals surface area contributed by atoms with Crippen LogP contribution in [0, 0.1) is 5.92 Å². The second-order valence-electron chi connectivity index (χ2n) is 4.80. The smallest absolute Gasteiger partial charge is 0.313 e. The van der Waals surface area contributed by atoms with E-state index >= 15 is 0 Å². The molecule has 0 saturated heterocycles. The van der Waals surface area contributed by atoms with Crippen molar-refractivity contribution < 1.29 is 19.4 Å². The van der Waals surface area contributed by atoms with E-state index in [1.54, 1.807) is 31.2 Å². The summed E-state index contributed by atoms with van der Waals surface area (Å²) in [5.74, 6) is -1.45. The largest absolute Gasteiger partial charge is 0.481 e. The maximum atomic E-state index is 10.8. The number of carbonyl (C=O) groups excluding carboxylic acids is 1. The minimum Gasteiger partial charge on any atom is -0.481 e. The Balaban J connectivity index is 0.000000219. The van der Waals surface area contributed by atoms with Crippen molar-refractivity contribution in [2.45, 2.75) is 18.9 Å². The van der Waals surface area contributed by atoms with Crippen LogP contribution in [0.25, 0.3) is 0 Å². The standard InChI is InChI=1S/C9H12O3.C8H8O/c1-9(12-2)6-4-3-5-7(9)8(10)11;9-7-6-8-4-2-1-3-5-8/h3-7H,1-2H3,(H,10,11);1-5,7H,6H2. The molecule has 2 unspecified atom stereocenters. The van der Waals surface area contributed by atoms with Crippen LogP contribution in [0.3, 0.4) is 0 Å². The molecule has 21 heavy (non-hydrogen) atoms. The lowest BCUT2D eigenvalue weighted by atomic mass is 9.85. The van der Waals surface area contributed by atoms with Crippen LogP contribution in [0.15, 0.2) is 54.6 Å². The van der Waals surface area contributed by atoms with E-state index in [1.807, 2.05) is 30.3 Å². The van der Waals surface area contributed by atoms with E-state index < -0.39 is 17.5 Å². The fourth-order valence-electron chi connectivity index (χ4n) is 1.95. The Morgan fingerprint density at radius 3 is 2.48 bits per heavy atom. The molecule has 0 bridgehead atoms. The summed E-state index contributed by atoms with van der Waals surface area (Å²) in [6.45, 7) is 1.76. The molecule has 1 aromatic rings. The lowest BCUT2D eigenvalue weighted by molar-refractivity contribution is -0.147. The van der Waals surface area contributed by atoms with Crippen LogP contribution in [0.1, 0.15) is 12.5 Å². The number of methoxy groups -OCH3 is 1. The monoisotopic (exact) mass is 288 g/mol. The van der Waals surface area contributed by atoms with Gasteiger partial charge in [-0.3, -0.25) is 4.79 Å². The Hall–Kier alpha value is -2.20. The van der Waals surface area contributed by atoms with Gasteiger partial charge in [-0.05, 0) is 12.5 Å². The van der Waals surface area contributed by atoms with E-state index in [0.717, 1.165) is 11.8 Å². The van der Waals surface area contributed by atoms with Crippen molar-refractivity contribution in [2.24, 2.45) is 5.92 Å². The third-order valence-corrected chi connectivity index (χ3v) is 3.33. The molecular weight excluding hydrogens is 268 g/mol. The lowest BCUT2D eigenvalue weighted by Gasteiger charge is -2.30. The molecule has 0 amide bonds. The molecule has 112 valence electrons. The molecule has 1 aliphatic carbocycles. The third-order valence-electron chi connectivity index (χ3n) is 3.33. The molecule has 4 heteroatoms. The average Bonchev–Trinajstić information content (AvgIpc) is 2.49. The van der Waals surface area contributed by atoms with E-state index in [-0.39, 0.29) is 0 Å². The molecule has 1 aliphatic rings. The molecule has 0 aliphatic heterocycles. The van der Waals surface area contributed by atoms with Crippen molar-refractivity contribution in [2.75, 3.05) is 7.11 Å². The maximum Gasteiger partial charge on any atom is 0.313 e. The van der Waals surface area contributed by atoms with Crippen molar-refractivity contribution >= 4 is 12.3 Å². The van der Waals surface area contributed by atoms with Crippen molar-refractivity contribution in [1.29, 1.82) is 0 Å². The molecule has 0 saturated carbocycles. The van der Waals surface area contributed by atoms with Gasteiger partial charge >= 0.3 is 5.97 Å². The van der Waals surface area contributed by atoms with Crippen LogP contribution >= 0.6 is 0 Å². The first-order valence-corrected chi connectivity index (χ1v) is 6.65. The Bertz CT molecular complexity index is 519.